The highest BCUT2D eigenvalue weighted by molar-refractivity contribution is 5.35. The largest absolute Gasteiger partial charge is 0.384 e. The van der Waals surface area contributed by atoms with Crippen molar-refractivity contribution in [3.05, 3.63) is 53.3 Å². The van der Waals surface area contributed by atoms with Crippen LogP contribution in [0.2, 0.25) is 0 Å². The zero-order valence-electron chi connectivity index (χ0n) is 14.3. The van der Waals surface area contributed by atoms with Gasteiger partial charge in [-0.1, -0.05) is 24.3 Å². The van der Waals surface area contributed by atoms with Gasteiger partial charge in [0.1, 0.15) is 5.60 Å². The molecule has 2 aromatic rings. The summed E-state index contributed by atoms with van der Waals surface area (Å²) in [6.07, 6.45) is 6.91. The molecule has 124 valence electrons. The van der Waals surface area contributed by atoms with E-state index in [0.717, 1.165) is 30.4 Å². The fourth-order valence-electron chi connectivity index (χ4n) is 3.38. The Morgan fingerprint density at radius 2 is 2.09 bits per heavy atom. The Labute approximate surface area is 138 Å². The molecule has 23 heavy (non-hydrogen) atoms. The van der Waals surface area contributed by atoms with Gasteiger partial charge in [-0.25, -0.2) is 0 Å². The first-order valence-corrected chi connectivity index (χ1v) is 8.58. The minimum atomic E-state index is -0.767. The molecule has 0 amide bonds. The first kappa shape index (κ1) is 16.2. The Bertz CT molecular complexity index is 664. The van der Waals surface area contributed by atoms with Crippen molar-refractivity contribution in [3.63, 3.8) is 0 Å². The van der Waals surface area contributed by atoms with Gasteiger partial charge in [0.05, 0.1) is 6.20 Å². The lowest BCUT2D eigenvalue weighted by molar-refractivity contribution is 0.0170. The van der Waals surface area contributed by atoms with Crippen LogP contribution in [0.3, 0.4) is 0 Å². The predicted molar refractivity (Wildman–Crippen MR) is 92.3 cm³/mol. The number of aromatic nitrogens is 2. The Morgan fingerprint density at radius 3 is 2.83 bits per heavy atom. The van der Waals surface area contributed by atoms with Gasteiger partial charge in [0.2, 0.25) is 0 Å². The zero-order valence-corrected chi connectivity index (χ0v) is 14.3. The first-order chi connectivity index (χ1) is 11.0. The number of nitrogens with zero attached hydrogens (tertiary/aromatic N) is 2. The van der Waals surface area contributed by atoms with Crippen molar-refractivity contribution < 1.29 is 5.11 Å². The second-order valence-corrected chi connectivity index (χ2v) is 6.99. The van der Waals surface area contributed by atoms with Crippen LogP contribution in [0.4, 0.5) is 0 Å². The molecule has 0 unspecified atom stereocenters. The van der Waals surface area contributed by atoms with Crippen molar-refractivity contribution in [1.29, 1.82) is 0 Å². The van der Waals surface area contributed by atoms with Gasteiger partial charge in [0, 0.05) is 30.4 Å². The summed E-state index contributed by atoms with van der Waals surface area (Å²) in [4.78, 5) is 0. The number of nitrogens with one attached hydrogen (secondary N) is 1. The third-order valence-electron chi connectivity index (χ3n) is 4.91. The monoisotopic (exact) mass is 313 g/mol. The minimum Gasteiger partial charge on any atom is -0.384 e. The first-order valence-electron chi connectivity index (χ1n) is 8.58. The molecule has 0 aliphatic heterocycles. The Kier molecular flexibility index (Phi) is 4.55. The SMILES string of the molecule is CC(C)n1cc([C@@H](C)NC[C@]2(O)CCCc3ccccc32)cn1. The molecule has 0 bridgehead atoms. The standard InChI is InChI=1S/C19H27N3O/c1-14(2)22-12-17(11-21-22)15(3)20-13-19(23)10-6-8-16-7-4-5-9-18(16)19/h4-5,7,9,11-12,14-15,20,23H,6,8,10,13H2,1-3H3/t15-,19-/m1/s1. The number of fused-ring (bicyclic) bond motifs is 1. The summed E-state index contributed by atoms with van der Waals surface area (Å²) in [6, 6.07) is 8.81. The Morgan fingerprint density at radius 1 is 1.30 bits per heavy atom. The number of aryl methyl sites for hydroxylation is 1. The highest BCUT2D eigenvalue weighted by Crippen LogP contribution is 2.35. The average Bonchev–Trinajstić information content (AvgIpc) is 3.04. The molecule has 0 saturated carbocycles. The van der Waals surface area contributed by atoms with Crippen LogP contribution < -0.4 is 5.32 Å². The summed E-state index contributed by atoms with van der Waals surface area (Å²) in [6.45, 7) is 6.94. The third kappa shape index (κ3) is 3.33. The van der Waals surface area contributed by atoms with Gasteiger partial charge < -0.3 is 10.4 Å². The lowest BCUT2D eigenvalue weighted by atomic mass is 9.79. The fourth-order valence-corrected chi connectivity index (χ4v) is 3.38. The van der Waals surface area contributed by atoms with Gasteiger partial charge in [-0.05, 0) is 51.2 Å². The van der Waals surface area contributed by atoms with E-state index in [9.17, 15) is 5.11 Å². The Balaban J connectivity index is 1.70. The van der Waals surface area contributed by atoms with Crippen molar-refractivity contribution in [3.8, 4) is 0 Å². The fraction of sp³-hybridized carbons (Fsp3) is 0.526. The van der Waals surface area contributed by atoms with Crippen LogP contribution in [0.1, 0.15) is 62.4 Å². The summed E-state index contributed by atoms with van der Waals surface area (Å²) >= 11 is 0. The molecule has 1 heterocycles. The minimum absolute atomic E-state index is 0.167. The van der Waals surface area contributed by atoms with Crippen LogP contribution >= 0.6 is 0 Å². The smallest absolute Gasteiger partial charge is 0.102 e. The summed E-state index contributed by atoms with van der Waals surface area (Å²) in [7, 11) is 0. The van der Waals surface area contributed by atoms with Gasteiger partial charge in [-0.2, -0.15) is 5.10 Å². The molecular formula is C19H27N3O. The van der Waals surface area contributed by atoms with Crippen LogP contribution in [-0.2, 0) is 12.0 Å². The van der Waals surface area contributed by atoms with Gasteiger partial charge in [-0.3, -0.25) is 4.68 Å². The third-order valence-corrected chi connectivity index (χ3v) is 4.91. The lowest BCUT2D eigenvalue weighted by Crippen LogP contribution is -2.41. The Hall–Kier alpha value is -1.65. The highest BCUT2D eigenvalue weighted by Gasteiger charge is 2.34. The second kappa shape index (κ2) is 6.46. The molecule has 0 fully saturated rings. The van der Waals surface area contributed by atoms with Crippen molar-refractivity contribution in [2.75, 3.05) is 6.54 Å². The molecule has 0 spiro atoms. The van der Waals surface area contributed by atoms with E-state index in [0.29, 0.717) is 12.6 Å². The molecule has 0 saturated heterocycles. The molecule has 1 aromatic heterocycles. The van der Waals surface area contributed by atoms with E-state index in [1.807, 2.05) is 16.9 Å². The van der Waals surface area contributed by atoms with Gasteiger partial charge >= 0.3 is 0 Å². The van der Waals surface area contributed by atoms with E-state index in [1.54, 1.807) is 0 Å². The normalized spacial score (nSPS) is 22.1. The number of hydrogen-bond acceptors (Lipinski definition) is 3. The van der Waals surface area contributed by atoms with E-state index in [4.69, 9.17) is 0 Å². The summed E-state index contributed by atoms with van der Waals surface area (Å²) in [5.41, 5.74) is 2.76. The maximum absolute atomic E-state index is 11.1. The van der Waals surface area contributed by atoms with Crippen LogP contribution in [0.5, 0.6) is 0 Å². The maximum atomic E-state index is 11.1. The topological polar surface area (TPSA) is 50.1 Å². The van der Waals surface area contributed by atoms with Crippen molar-refractivity contribution in [1.82, 2.24) is 15.1 Å². The zero-order chi connectivity index (χ0) is 16.4. The molecule has 1 aliphatic carbocycles. The van der Waals surface area contributed by atoms with E-state index in [1.165, 1.54) is 5.56 Å². The highest BCUT2D eigenvalue weighted by atomic mass is 16.3. The predicted octanol–water partition coefficient (Wildman–Crippen LogP) is 3.34. The number of benzene rings is 1. The molecule has 1 aromatic carbocycles. The summed E-state index contributed by atoms with van der Waals surface area (Å²) in [5.74, 6) is 0. The maximum Gasteiger partial charge on any atom is 0.102 e. The number of rotatable bonds is 5. The molecule has 2 N–H and O–H groups in total. The average molecular weight is 313 g/mol. The molecule has 4 heteroatoms. The van der Waals surface area contributed by atoms with E-state index in [-0.39, 0.29) is 6.04 Å². The quantitative estimate of drug-likeness (QED) is 0.890. The second-order valence-electron chi connectivity index (χ2n) is 6.99. The van der Waals surface area contributed by atoms with Gasteiger partial charge in [-0.15, -0.1) is 0 Å². The van der Waals surface area contributed by atoms with E-state index in [2.05, 4.69) is 55.6 Å². The van der Waals surface area contributed by atoms with E-state index >= 15 is 0 Å². The van der Waals surface area contributed by atoms with Crippen LogP contribution in [0.15, 0.2) is 36.7 Å². The summed E-state index contributed by atoms with van der Waals surface area (Å²) in [5, 5.41) is 19.0. The molecular weight excluding hydrogens is 286 g/mol. The van der Waals surface area contributed by atoms with E-state index < -0.39 is 5.60 Å². The summed E-state index contributed by atoms with van der Waals surface area (Å²) < 4.78 is 1.97. The van der Waals surface area contributed by atoms with Crippen LogP contribution in [0.25, 0.3) is 0 Å². The number of hydrogen-bond donors (Lipinski definition) is 2. The lowest BCUT2D eigenvalue weighted by Gasteiger charge is -2.35. The number of aliphatic hydroxyl groups is 1. The molecule has 1 aliphatic rings. The van der Waals surface area contributed by atoms with Gasteiger partial charge in [0.25, 0.3) is 0 Å². The molecule has 0 radical (unpaired) electrons. The molecule has 3 rings (SSSR count). The van der Waals surface area contributed by atoms with Crippen LogP contribution in [-0.4, -0.2) is 21.4 Å². The van der Waals surface area contributed by atoms with Crippen molar-refractivity contribution in [2.24, 2.45) is 0 Å². The molecule has 4 nitrogen and oxygen atoms in total. The van der Waals surface area contributed by atoms with Crippen molar-refractivity contribution >= 4 is 0 Å². The van der Waals surface area contributed by atoms with Crippen LogP contribution in [0, 0.1) is 0 Å². The molecule has 2 atom stereocenters. The van der Waals surface area contributed by atoms with Gasteiger partial charge in [0.15, 0.2) is 0 Å². The van der Waals surface area contributed by atoms with Crippen molar-refractivity contribution in [2.45, 2.75) is 57.7 Å².